The Morgan fingerprint density at radius 2 is 1.85 bits per heavy atom. The van der Waals surface area contributed by atoms with Crippen molar-refractivity contribution in [2.24, 2.45) is 0 Å². The molecule has 0 radical (unpaired) electrons. The zero-order chi connectivity index (χ0) is 14.5. The van der Waals surface area contributed by atoms with Gasteiger partial charge in [0.05, 0.1) is 26.5 Å². The lowest BCUT2D eigenvalue weighted by Crippen LogP contribution is -2.22. The monoisotopic (exact) mass is 275 g/mol. The average Bonchev–Trinajstić information content (AvgIpc) is 3.00. The molecule has 0 aliphatic rings. The van der Waals surface area contributed by atoms with E-state index in [-0.39, 0.29) is 12.1 Å². The van der Waals surface area contributed by atoms with E-state index in [1.54, 1.807) is 20.5 Å². The molecule has 2 aromatic rings. The summed E-state index contributed by atoms with van der Waals surface area (Å²) in [6.45, 7) is 4.18. The smallest absolute Gasteiger partial charge is 0.127 e. The fourth-order valence-corrected chi connectivity index (χ4v) is 2.26. The largest absolute Gasteiger partial charge is 0.497 e. The molecule has 1 N–H and O–H groups in total. The molecule has 0 amide bonds. The van der Waals surface area contributed by atoms with Crippen molar-refractivity contribution in [2.45, 2.75) is 25.9 Å². The molecule has 0 saturated carbocycles. The van der Waals surface area contributed by atoms with E-state index in [9.17, 15) is 0 Å². The van der Waals surface area contributed by atoms with E-state index in [0.29, 0.717) is 0 Å². The quantitative estimate of drug-likeness (QED) is 0.872. The van der Waals surface area contributed by atoms with E-state index < -0.39 is 0 Å². The summed E-state index contributed by atoms with van der Waals surface area (Å²) in [7, 11) is 3.32. The molecule has 0 saturated heterocycles. The first kappa shape index (κ1) is 14.5. The van der Waals surface area contributed by atoms with Crippen LogP contribution < -0.4 is 14.8 Å². The van der Waals surface area contributed by atoms with Crippen LogP contribution in [0, 0.1) is 0 Å². The number of hydrogen-bond donors (Lipinski definition) is 1. The summed E-state index contributed by atoms with van der Waals surface area (Å²) in [5, 5.41) is 3.50. The summed E-state index contributed by atoms with van der Waals surface area (Å²) in [6, 6.07) is 9.98. The molecular weight excluding hydrogens is 254 g/mol. The Morgan fingerprint density at radius 1 is 1.05 bits per heavy atom. The molecule has 0 bridgehead atoms. The van der Waals surface area contributed by atoms with E-state index >= 15 is 0 Å². The van der Waals surface area contributed by atoms with Gasteiger partial charge in [0, 0.05) is 17.7 Å². The van der Waals surface area contributed by atoms with Crippen molar-refractivity contribution >= 4 is 0 Å². The maximum atomic E-state index is 5.44. The van der Waals surface area contributed by atoms with E-state index in [0.717, 1.165) is 22.8 Å². The van der Waals surface area contributed by atoms with Gasteiger partial charge < -0.3 is 19.2 Å². The van der Waals surface area contributed by atoms with Crippen molar-refractivity contribution in [3.8, 4) is 11.5 Å². The molecule has 0 fully saturated rings. The number of hydrogen-bond acceptors (Lipinski definition) is 4. The minimum Gasteiger partial charge on any atom is -0.497 e. The first-order valence-electron chi connectivity index (χ1n) is 6.67. The molecule has 4 nitrogen and oxygen atoms in total. The van der Waals surface area contributed by atoms with E-state index in [1.807, 2.05) is 30.3 Å². The molecule has 0 spiro atoms. The lowest BCUT2D eigenvalue weighted by atomic mass is 10.1. The molecule has 1 heterocycles. The maximum Gasteiger partial charge on any atom is 0.127 e. The summed E-state index contributed by atoms with van der Waals surface area (Å²) in [5.41, 5.74) is 1.09. The second kappa shape index (κ2) is 6.48. The van der Waals surface area contributed by atoms with Gasteiger partial charge in [0.1, 0.15) is 17.3 Å². The second-order valence-corrected chi connectivity index (χ2v) is 4.73. The summed E-state index contributed by atoms with van der Waals surface area (Å²) in [6.07, 6.45) is 1.69. The van der Waals surface area contributed by atoms with Crippen molar-refractivity contribution in [2.75, 3.05) is 14.2 Å². The molecule has 20 heavy (non-hydrogen) atoms. The van der Waals surface area contributed by atoms with Crippen molar-refractivity contribution < 1.29 is 13.9 Å². The third kappa shape index (κ3) is 3.14. The molecule has 2 atom stereocenters. The first-order valence-corrected chi connectivity index (χ1v) is 6.67. The Bertz CT molecular complexity index is 537. The van der Waals surface area contributed by atoms with Gasteiger partial charge in [0.25, 0.3) is 0 Å². The number of furan rings is 1. The van der Waals surface area contributed by atoms with Crippen LogP contribution in [-0.4, -0.2) is 14.2 Å². The van der Waals surface area contributed by atoms with Crippen LogP contribution in [0.15, 0.2) is 41.0 Å². The maximum absolute atomic E-state index is 5.44. The van der Waals surface area contributed by atoms with Crippen LogP contribution in [0.3, 0.4) is 0 Å². The Hall–Kier alpha value is -1.94. The van der Waals surface area contributed by atoms with Gasteiger partial charge in [-0.05, 0) is 32.0 Å². The molecule has 0 aliphatic carbocycles. The highest BCUT2D eigenvalue weighted by Crippen LogP contribution is 2.30. The Balaban J connectivity index is 2.14. The van der Waals surface area contributed by atoms with Crippen molar-refractivity contribution in [3.05, 3.63) is 47.9 Å². The number of rotatable bonds is 6. The summed E-state index contributed by atoms with van der Waals surface area (Å²) < 4.78 is 16.1. The van der Waals surface area contributed by atoms with Crippen LogP contribution in [0.1, 0.15) is 37.3 Å². The Morgan fingerprint density at radius 3 is 2.45 bits per heavy atom. The van der Waals surface area contributed by atoms with Crippen LogP contribution in [0.25, 0.3) is 0 Å². The van der Waals surface area contributed by atoms with Crippen LogP contribution in [0.5, 0.6) is 11.5 Å². The molecule has 0 aliphatic heterocycles. The van der Waals surface area contributed by atoms with Gasteiger partial charge >= 0.3 is 0 Å². The van der Waals surface area contributed by atoms with Gasteiger partial charge in [-0.15, -0.1) is 0 Å². The van der Waals surface area contributed by atoms with Gasteiger partial charge in [-0.1, -0.05) is 6.07 Å². The summed E-state index contributed by atoms with van der Waals surface area (Å²) in [5.74, 6) is 2.53. The highest BCUT2D eigenvalue weighted by molar-refractivity contribution is 5.42. The van der Waals surface area contributed by atoms with Gasteiger partial charge in [-0.3, -0.25) is 0 Å². The molecule has 1 aromatic heterocycles. The number of benzene rings is 1. The normalized spacial score (nSPS) is 13.8. The van der Waals surface area contributed by atoms with Crippen LogP contribution >= 0.6 is 0 Å². The fourth-order valence-electron chi connectivity index (χ4n) is 2.26. The zero-order valence-electron chi connectivity index (χ0n) is 12.3. The highest BCUT2D eigenvalue weighted by atomic mass is 16.5. The lowest BCUT2D eigenvalue weighted by Gasteiger charge is -2.21. The van der Waals surface area contributed by atoms with E-state index in [4.69, 9.17) is 13.9 Å². The minimum absolute atomic E-state index is 0.131. The number of ether oxygens (including phenoxy) is 2. The number of nitrogens with one attached hydrogen (secondary N) is 1. The SMILES string of the molecule is COc1ccc(C(C)N[C@@H](C)c2ccco2)c(OC)c1. The average molecular weight is 275 g/mol. The predicted molar refractivity (Wildman–Crippen MR) is 78.2 cm³/mol. The molecule has 2 rings (SSSR count). The van der Waals surface area contributed by atoms with Crippen molar-refractivity contribution in [1.82, 2.24) is 5.32 Å². The molecule has 1 unspecified atom stereocenters. The van der Waals surface area contributed by atoms with Gasteiger partial charge in [0.2, 0.25) is 0 Å². The van der Waals surface area contributed by atoms with Gasteiger partial charge in [-0.25, -0.2) is 0 Å². The Labute approximate surface area is 119 Å². The van der Waals surface area contributed by atoms with E-state index in [1.165, 1.54) is 0 Å². The van der Waals surface area contributed by atoms with Crippen molar-refractivity contribution in [1.29, 1.82) is 0 Å². The summed E-state index contributed by atoms with van der Waals surface area (Å²) >= 11 is 0. The van der Waals surface area contributed by atoms with Crippen LogP contribution in [0.2, 0.25) is 0 Å². The lowest BCUT2D eigenvalue weighted by molar-refractivity contribution is 0.373. The predicted octanol–water partition coefficient (Wildman–Crippen LogP) is 3.71. The van der Waals surface area contributed by atoms with Gasteiger partial charge in [0.15, 0.2) is 0 Å². The van der Waals surface area contributed by atoms with Gasteiger partial charge in [-0.2, -0.15) is 0 Å². The molecule has 108 valence electrons. The second-order valence-electron chi connectivity index (χ2n) is 4.73. The molecule has 4 heteroatoms. The van der Waals surface area contributed by atoms with Crippen LogP contribution in [-0.2, 0) is 0 Å². The molecular formula is C16H21NO3. The Kier molecular flexibility index (Phi) is 4.69. The van der Waals surface area contributed by atoms with E-state index in [2.05, 4.69) is 19.2 Å². The van der Waals surface area contributed by atoms with Crippen molar-refractivity contribution in [3.63, 3.8) is 0 Å². The van der Waals surface area contributed by atoms with Crippen LogP contribution in [0.4, 0.5) is 0 Å². The standard InChI is InChI=1S/C16H21NO3/c1-11(17-12(2)15-6-5-9-20-15)14-8-7-13(18-3)10-16(14)19-4/h5-12,17H,1-4H3/t11?,12-/m0/s1. The minimum atomic E-state index is 0.131. The molecule has 1 aromatic carbocycles. The number of methoxy groups -OCH3 is 2. The third-order valence-corrected chi connectivity index (χ3v) is 3.38. The first-order chi connectivity index (χ1) is 9.65. The summed E-state index contributed by atoms with van der Waals surface area (Å²) in [4.78, 5) is 0. The zero-order valence-corrected chi connectivity index (χ0v) is 12.3. The third-order valence-electron chi connectivity index (χ3n) is 3.38. The highest BCUT2D eigenvalue weighted by Gasteiger charge is 2.16. The topological polar surface area (TPSA) is 43.6 Å². The fraction of sp³-hybridized carbons (Fsp3) is 0.375.